The molecule has 3 aromatic carbocycles. The van der Waals surface area contributed by atoms with E-state index in [4.69, 9.17) is 4.74 Å². The fourth-order valence-electron chi connectivity index (χ4n) is 5.10. The van der Waals surface area contributed by atoms with Crippen LogP contribution in [0.3, 0.4) is 0 Å². The van der Waals surface area contributed by atoms with Crippen LogP contribution in [0, 0.1) is 5.92 Å². The van der Waals surface area contributed by atoms with Crippen LogP contribution in [-0.4, -0.2) is 24.6 Å². The van der Waals surface area contributed by atoms with Gasteiger partial charge in [-0.05, 0) is 65.8 Å². The number of rotatable bonds is 3. The summed E-state index contributed by atoms with van der Waals surface area (Å²) < 4.78 is 5.58. The van der Waals surface area contributed by atoms with E-state index in [0.29, 0.717) is 6.04 Å². The Hall–Kier alpha value is -2.32. The molecule has 27 heavy (non-hydrogen) atoms. The third-order valence-corrected chi connectivity index (χ3v) is 6.51. The molecule has 0 aromatic heterocycles. The summed E-state index contributed by atoms with van der Waals surface area (Å²) in [5.74, 6) is 1.76. The molecule has 1 fully saturated rings. The highest BCUT2D eigenvalue weighted by Gasteiger charge is 2.31. The van der Waals surface area contributed by atoms with Crippen molar-refractivity contribution < 1.29 is 4.74 Å². The molecule has 1 saturated heterocycles. The van der Waals surface area contributed by atoms with Crippen LogP contribution in [0.4, 0.5) is 0 Å². The molecule has 1 aliphatic carbocycles. The number of fused-ring (bicyclic) bond motifs is 3. The number of hydrogen-bond donors (Lipinski definition) is 0. The zero-order chi connectivity index (χ0) is 18.2. The number of piperidine rings is 1. The van der Waals surface area contributed by atoms with Gasteiger partial charge in [0, 0.05) is 24.5 Å². The van der Waals surface area contributed by atoms with E-state index >= 15 is 0 Å². The second-order valence-corrected chi connectivity index (χ2v) is 8.22. The van der Waals surface area contributed by atoms with Crippen LogP contribution in [0.15, 0.2) is 60.7 Å². The molecule has 138 valence electrons. The largest absolute Gasteiger partial charge is 0.496 e. The molecule has 2 heterocycles. The minimum Gasteiger partial charge on any atom is -0.496 e. The van der Waals surface area contributed by atoms with Crippen molar-refractivity contribution in [2.24, 2.45) is 5.92 Å². The molecule has 2 heteroatoms. The van der Waals surface area contributed by atoms with E-state index in [1.165, 1.54) is 48.6 Å². The van der Waals surface area contributed by atoms with Gasteiger partial charge in [-0.25, -0.2) is 0 Å². The lowest BCUT2D eigenvalue weighted by molar-refractivity contribution is 0.0938. The first-order chi connectivity index (χ1) is 13.3. The van der Waals surface area contributed by atoms with Crippen molar-refractivity contribution in [3.05, 3.63) is 77.4 Å². The van der Waals surface area contributed by atoms with Crippen molar-refractivity contribution in [3.8, 4) is 5.75 Å². The summed E-state index contributed by atoms with van der Waals surface area (Å²) in [5, 5.41) is 2.47. The third kappa shape index (κ3) is 3.23. The van der Waals surface area contributed by atoms with Crippen LogP contribution in [0.2, 0.25) is 0 Å². The summed E-state index contributed by atoms with van der Waals surface area (Å²) in [6.07, 6.45) is 5.14. The molecule has 2 aliphatic heterocycles. The minimum atomic E-state index is 0.663. The van der Waals surface area contributed by atoms with E-state index in [1.54, 1.807) is 18.2 Å². The van der Waals surface area contributed by atoms with Crippen molar-refractivity contribution in [1.29, 1.82) is 0 Å². The Balaban J connectivity index is 1.43. The first-order valence-electron chi connectivity index (χ1n) is 10.2. The van der Waals surface area contributed by atoms with Crippen LogP contribution >= 0.6 is 0 Å². The van der Waals surface area contributed by atoms with E-state index in [2.05, 4.69) is 65.6 Å². The quantitative estimate of drug-likeness (QED) is 0.636. The smallest absolute Gasteiger partial charge is 0.126 e. The number of hydrogen-bond acceptors (Lipinski definition) is 2. The highest BCUT2D eigenvalue weighted by atomic mass is 16.5. The normalized spacial score (nSPS) is 22.3. The molecule has 2 nitrogen and oxygen atoms in total. The average molecular weight is 357 g/mol. The first-order valence-corrected chi connectivity index (χ1v) is 10.2. The fraction of sp³-hybridized carbons (Fsp3) is 0.360. The highest BCUT2D eigenvalue weighted by molar-refractivity contribution is 5.88. The van der Waals surface area contributed by atoms with E-state index in [9.17, 15) is 0 Å². The Morgan fingerprint density at radius 1 is 0.926 bits per heavy atom. The standard InChI is InChI=1S/C25H27NO/c1-27-25-8-4-7-20-11-9-19(14-24(20)25)17-26-16-18-10-12-23(26)15-22-6-3-2-5-21(22)13-18/h2-9,11,14,18,23H,10,12-13,15-17H2,1H3/t18-,23+/m0/s1. The van der Waals surface area contributed by atoms with Gasteiger partial charge in [-0.2, -0.15) is 0 Å². The summed E-state index contributed by atoms with van der Waals surface area (Å²) in [7, 11) is 1.76. The maximum atomic E-state index is 5.58. The van der Waals surface area contributed by atoms with Crippen molar-refractivity contribution in [2.45, 2.75) is 38.3 Å². The van der Waals surface area contributed by atoms with Crippen LogP contribution in [-0.2, 0) is 19.4 Å². The monoisotopic (exact) mass is 357 g/mol. The number of methoxy groups -OCH3 is 1. The molecule has 2 bridgehead atoms. The molecule has 3 aliphatic rings. The Bertz CT molecular complexity index is 963. The van der Waals surface area contributed by atoms with Crippen LogP contribution < -0.4 is 4.74 Å². The Morgan fingerprint density at radius 2 is 1.78 bits per heavy atom. The second-order valence-electron chi connectivity index (χ2n) is 8.22. The molecule has 6 rings (SSSR count). The van der Waals surface area contributed by atoms with E-state index in [-0.39, 0.29) is 0 Å². The summed E-state index contributed by atoms with van der Waals surface area (Å²) in [6.45, 7) is 2.26. The van der Waals surface area contributed by atoms with E-state index < -0.39 is 0 Å². The summed E-state index contributed by atoms with van der Waals surface area (Å²) in [5.41, 5.74) is 4.55. The molecular formula is C25H27NO. The van der Waals surface area contributed by atoms with Gasteiger partial charge in [0.2, 0.25) is 0 Å². The summed E-state index contributed by atoms with van der Waals surface area (Å²) in [4.78, 5) is 2.74. The third-order valence-electron chi connectivity index (χ3n) is 6.51. The van der Waals surface area contributed by atoms with Gasteiger partial charge in [0.05, 0.1) is 7.11 Å². The predicted molar refractivity (Wildman–Crippen MR) is 111 cm³/mol. The van der Waals surface area contributed by atoms with Gasteiger partial charge in [-0.15, -0.1) is 0 Å². The van der Waals surface area contributed by atoms with Gasteiger partial charge < -0.3 is 4.74 Å². The highest BCUT2D eigenvalue weighted by Crippen LogP contribution is 2.34. The van der Waals surface area contributed by atoms with Gasteiger partial charge in [0.1, 0.15) is 5.75 Å². The zero-order valence-electron chi connectivity index (χ0n) is 16.0. The second kappa shape index (κ2) is 7.01. The molecule has 0 N–H and O–H groups in total. The van der Waals surface area contributed by atoms with Crippen molar-refractivity contribution in [1.82, 2.24) is 4.90 Å². The Kier molecular flexibility index (Phi) is 4.37. The van der Waals surface area contributed by atoms with Crippen molar-refractivity contribution in [2.75, 3.05) is 13.7 Å². The van der Waals surface area contributed by atoms with E-state index in [1.807, 2.05) is 0 Å². The van der Waals surface area contributed by atoms with Gasteiger partial charge in [-0.1, -0.05) is 48.5 Å². The van der Waals surface area contributed by atoms with Gasteiger partial charge in [0.25, 0.3) is 0 Å². The first kappa shape index (κ1) is 16.8. The van der Waals surface area contributed by atoms with Crippen LogP contribution in [0.5, 0.6) is 5.75 Å². The number of benzene rings is 3. The number of ether oxygens (including phenoxy) is 1. The molecule has 2 atom stereocenters. The van der Waals surface area contributed by atoms with Crippen molar-refractivity contribution in [3.63, 3.8) is 0 Å². The molecule has 0 saturated carbocycles. The molecule has 0 amide bonds. The Labute approximate surface area is 161 Å². The fourth-order valence-corrected chi connectivity index (χ4v) is 5.10. The SMILES string of the molecule is COc1cccc2ccc(CN3C[C@H]4CC[C@@H]3Cc3ccccc3C4)cc12. The maximum Gasteiger partial charge on any atom is 0.126 e. The summed E-state index contributed by atoms with van der Waals surface area (Å²) in [6, 6.07) is 22.9. The van der Waals surface area contributed by atoms with Gasteiger partial charge >= 0.3 is 0 Å². The van der Waals surface area contributed by atoms with Crippen molar-refractivity contribution >= 4 is 10.8 Å². The summed E-state index contributed by atoms with van der Waals surface area (Å²) >= 11 is 0. The van der Waals surface area contributed by atoms with Gasteiger partial charge in [-0.3, -0.25) is 4.90 Å². The molecule has 0 unspecified atom stereocenters. The van der Waals surface area contributed by atoms with Gasteiger partial charge in [0.15, 0.2) is 0 Å². The zero-order valence-corrected chi connectivity index (χ0v) is 16.0. The number of nitrogens with zero attached hydrogens (tertiary/aromatic N) is 1. The Morgan fingerprint density at radius 3 is 2.63 bits per heavy atom. The topological polar surface area (TPSA) is 12.5 Å². The lowest BCUT2D eigenvalue weighted by Crippen LogP contribution is -2.46. The van der Waals surface area contributed by atoms with Crippen LogP contribution in [0.1, 0.15) is 29.5 Å². The molecule has 0 radical (unpaired) electrons. The average Bonchev–Trinajstić information content (AvgIpc) is 2.68. The predicted octanol–water partition coefficient (Wildman–Crippen LogP) is 5.23. The molecule has 3 aromatic rings. The lowest BCUT2D eigenvalue weighted by Gasteiger charge is -2.42. The molecular weight excluding hydrogens is 330 g/mol. The maximum absolute atomic E-state index is 5.58. The van der Waals surface area contributed by atoms with Crippen LogP contribution in [0.25, 0.3) is 10.8 Å². The molecule has 0 spiro atoms. The minimum absolute atomic E-state index is 0.663. The van der Waals surface area contributed by atoms with E-state index in [0.717, 1.165) is 18.2 Å². The lowest BCUT2D eigenvalue weighted by atomic mass is 9.80.